The quantitative estimate of drug-likeness (QED) is 0.775. The Morgan fingerprint density at radius 1 is 0.889 bits per heavy atom. The first kappa shape index (κ1) is 18.8. The number of hydrogen-bond donors (Lipinski definition) is 1. The fraction of sp³-hybridized carbons (Fsp3) is 0.286. The summed E-state index contributed by atoms with van der Waals surface area (Å²) in [5, 5.41) is 11.5. The van der Waals surface area contributed by atoms with Crippen molar-refractivity contribution < 1.29 is 9.90 Å². The van der Waals surface area contributed by atoms with Crippen molar-refractivity contribution in [2.45, 2.75) is 19.3 Å². The molecule has 1 aliphatic rings. The molecule has 2 aromatic carbocycles. The number of piperidine rings is 1. The van der Waals surface area contributed by atoms with Gasteiger partial charge in [0.15, 0.2) is 5.82 Å². The zero-order chi connectivity index (χ0) is 19.1. The Kier molecular flexibility index (Phi) is 6.33. The first-order chi connectivity index (χ1) is 13.3. The molecule has 1 aromatic heterocycles. The molecule has 1 saturated heterocycles. The average Bonchev–Trinajstić information content (AvgIpc) is 3.22. The highest BCUT2D eigenvalue weighted by Crippen LogP contribution is 2.22. The van der Waals surface area contributed by atoms with Crippen LogP contribution in [0.1, 0.15) is 29.9 Å². The molecule has 0 atom stereocenters. The number of rotatable bonds is 3. The SMILES string of the molecule is CO.O=C(c1nc(-c2ccccc2)n(-c2ccccc2)n1)N1CCCCC1. The number of benzene rings is 2. The number of para-hydroxylation sites is 1. The molecule has 1 aliphatic heterocycles. The smallest absolute Gasteiger partial charge is 0.293 e. The number of nitrogens with zero attached hydrogens (tertiary/aromatic N) is 4. The van der Waals surface area contributed by atoms with E-state index >= 15 is 0 Å². The summed E-state index contributed by atoms with van der Waals surface area (Å²) in [4.78, 5) is 19.3. The summed E-state index contributed by atoms with van der Waals surface area (Å²) in [6.07, 6.45) is 3.29. The Hall–Kier alpha value is -2.99. The van der Waals surface area contributed by atoms with E-state index in [4.69, 9.17) is 5.11 Å². The molecular formula is C21H24N4O2. The fourth-order valence-corrected chi connectivity index (χ4v) is 3.16. The number of carbonyl (C=O) groups excluding carboxylic acids is 1. The predicted octanol–water partition coefficient (Wildman–Crippen LogP) is 3.17. The molecule has 6 heteroatoms. The van der Waals surface area contributed by atoms with E-state index in [1.54, 1.807) is 4.68 Å². The van der Waals surface area contributed by atoms with Gasteiger partial charge in [-0.25, -0.2) is 9.67 Å². The van der Waals surface area contributed by atoms with E-state index in [-0.39, 0.29) is 11.7 Å². The summed E-state index contributed by atoms with van der Waals surface area (Å²) < 4.78 is 1.76. The molecule has 0 bridgehead atoms. The highest BCUT2D eigenvalue weighted by Gasteiger charge is 2.24. The highest BCUT2D eigenvalue weighted by atomic mass is 16.2. The molecule has 27 heavy (non-hydrogen) atoms. The summed E-state index contributed by atoms with van der Waals surface area (Å²) in [7, 11) is 1.00. The normalized spacial score (nSPS) is 13.6. The van der Waals surface area contributed by atoms with Crippen LogP contribution in [0.15, 0.2) is 60.7 Å². The van der Waals surface area contributed by atoms with Crippen molar-refractivity contribution in [3.05, 3.63) is 66.5 Å². The van der Waals surface area contributed by atoms with E-state index in [1.165, 1.54) is 6.42 Å². The van der Waals surface area contributed by atoms with Crippen LogP contribution >= 0.6 is 0 Å². The minimum Gasteiger partial charge on any atom is -0.400 e. The molecule has 2 heterocycles. The van der Waals surface area contributed by atoms with Crippen LogP contribution in [0.5, 0.6) is 0 Å². The van der Waals surface area contributed by atoms with Gasteiger partial charge in [-0.05, 0) is 31.4 Å². The summed E-state index contributed by atoms with van der Waals surface area (Å²) in [6.45, 7) is 1.58. The summed E-state index contributed by atoms with van der Waals surface area (Å²) in [5.41, 5.74) is 1.84. The fourth-order valence-electron chi connectivity index (χ4n) is 3.16. The van der Waals surface area contributed by atoms with Gasteiger partial charge in [0, 0.05) is 25.8 Å². The van der Waals surface area contributed by atoms with E-state index in [0.717, 1.165) is 44.3 Å². The van der Waals surface area contributed by atoms with Gasteiger partial charge >= 0.3 is 0 Å². The van der Waals surface area contributed by atoms with E-state index < -0.39 is 0 Å². The van der Waals surface area contributed by atoms with E-state index in [2.05, 4.69) is 10.1 Å². The number of aromatic nitrogens is 3. The van der Waals surface area contributed by atoms with Crippen LogP contribution < -0.4 is 0 Å². The van der Waals surface area contributed by atoms with Crippen molar-refractivity contribution in [2.24, 2.45) is 0 Å². The molecular weight excluding hydrogens is 340 g/mol. The maximum atomic E-state index is 12.8. The zero-order valence-electron chi connectivity index (χ0n) is 15.5. The summed E-state index contributed by atoms with van der Waals surface area (Å²) in [6, 6.07) is 19.7. The zero-order valence-corrected chi connectivity index (χ0v) is 15.5. The third kappa shape index (κ3) is 4.23. The molecule has 0 radical (unpaired) electrons. The first-order valence-electron chi connectivity index (χ1n) is 9.15. The monoisotopic (exact) mass is 364 g/mol. The van der Waals surface area contributed by atoms with E-state index in [1.807, 2.05) is 65.6 Å². The average molecular weight is 364 g/mol. The van der Waals surface area contributed by atoms with Crippen molar-refractivity contribution >= 4 is 5.91 Å². The molecule has 1 fully saturated rings. The van der Waals surface area contributed by atoms with Crippen LogP contribution in [0.25, 0.3) is 17.1 Å². The molecule has 0 aliphatic carbocycles. The molecule has 0 spiro atoms. The van der Waals surface area contributed by atoms with Gasteiger partial charge in [0.25, 0.3) is 5.91 Å². The van der Waals surface area contributed by atoms with Gasteiger partial charge in [0.05, 0.1) is 5.69 Å². The minimum atomic E-state index is -0.0773. The number of carbonyl (C=O) groups is 1. The molecule has 0 unspecified atom stereocenters. The number of likely N-dealkylation sites (tertiary alicyclic amines) is 1. The van der Waals surface area contributed by atoms with Crippen LogP contribution in [0.2, 0.25) is 0 Å². The van der Waals surface area contributed by atoms with Crippen molar-refractivity contribution in [1.29, 1.82) is 0 Å². The second-order valence-electron chi connectivity index (χ2n) is 6.23. The van der Waals surface area contributed by atoms with Crippen LogP contribution in [0, 0.1) is 0 Å². The van der Waals surface area contributed by atoms with E-state index in [0.29, 0.717) is 5.82 Å². The molecule has 1 amide bonds. The first-order valence-corrected chi connectivity index (χ1v) is 9.15. The number of amides is 1. The number of aliphatic hydroxyl groups is 1. The predicted molar refractivity (Wildman–Crippen MR) is 105 cm³/mol. The summed E-state index contributed by atoms with van der Waals surface area (Å²) >= 11 is 0. The maximum Gasteiger partial charge on any atom is 0.293 e. The standard InChI is InChI=1S/C20H20N4O.CH4O/c25-20(23-14-8-3-9-15-23)18-21-19(16-10-4-1-5-11-16)24(22-18)17-12-6-2-7-13-17;1-2/h1-2,4-7,10-13H,3,8-9,14-15H2;2H,1H3. The van der Waals surface area contributed by atoms with Gasteiger partial charge in [-0.1, -0.05) is 48.5 Å². The van der Waals surface area contributed by atoms with Crippen molar-refractivity contribution in [3.63, 3.8) is 0 Å². The topological polar surface area (TPSA) is 71.2 Å². The lowest BCUT2D eigenvalue weighted by Crippen LogP contribution is -2.36. The van der Waals surface area contributed by atoms with Crippen LogP contribution in [-0.2, 0) is 0 Å². The van der Waals surface area contributed by atoms with Crippen LogP contribution in [-0.4, -0.2) is 50.9 Å². The highest BCUT2D eigenvalue weighted by molar-refractivity contribution is 5.91. The van der Waals surface area contributed by atoms with Gasteiger partial charge in [0.1, 0.15) is 0 Å². The molecule has 140 valence electrons. The minimum absolute atomic E-state index is 0.0773. The van der Waals surface area contributed by atoms with Gasteiger partial charge < -0.3 is 10.0 Å². The molecule has 0 saturated carbocycles. The number of aliphatic hydroxyl groups excluding tert-OH is 1. The Morgan fingerprint density at radius 3 is 2.11 bits per heavy atom. The van der Waals surface area contributed by atoms with Gasteiger partial charge in [0.2, 0.25) is 5.82 Å². The number of hydrogen-bond acceptors (Lipinski definition) is 4. The van der Waals surface area contributed by atoms with Gasteiger partial charge in [-0.15, -0.1) is 5.10 Å². The third-order valence-electron chi connectivity index (χ3n) is 4.47. The Morgan fingerprint density at radius 2 is 1.48 bits per heavy atom. The van der Waals surface area contributed by atoms with Crippen molar-refractivity contribution in [3.8, 4) is 17.1 Å². The molecule has 4 rings (SSSR count). The molecule has 1 N–H and O–H groups in total. The second-order valence-corrected chi connectivity index (χ2v) is 6.23. The van der Waals surface area contributed by atoms with Crippen LogP contribution in [0.4, 0.5) is 0 Å². The van der Waals surface area contributed by atoms with Crippen LogP contribution in [0.3, 0.4) is 0 Å². The third-order valence-corrected chi connectivity index (χ3v) is 4.47. The van der Waals surface area contributed by atoms with Crippen molar-refractivity contribution in [1.82, 2.24) is 19.7 Å². The Labute approximate surface area is 159 Å². The van der Waals surface area contributed by atoms with Gasteiger partial charge in [-0.3, -0.25) is 4.79 Å². The largest absolute Gasteiger partial charge is 0.400 e. The van der Waals surface area contributed by atoms with E-state index in [9.17, 15) is 4.79 Å². The molecule has 3 aromatic rings. The molecule has 6 nitrogen and oxygen atoms in total. The Bertz CT molecular complexity index is 799. The lowest BCUT2D eigenvalue weighted by molar-refractivity contribution is 0.0712. The second kappa shape index (κ2) is 9.09. The lowest BCUT2D eigenvalue weighted by atomic mass is 10.1. The Balaban J connectivity index is 0.00000102. The van der Waals surface area contributed by atoms with Crippen molar-refractivity contribution in [2.75, 3.05) is 20.2 Å². The maximum absolute atomic E-state index is 12.8. The van der Waals surface area contributed by atoms with Gasteiger partial charge in [-0.2, -0.15) is 0 Å². The lowest BCUT2D eigenvalue weighted by Gasteiger charge is -2.25. The summed E-state index contributed by atoms with van der Waals surface area (Å²) in [5.74, 6) is 0.878.